The number of nitrogens with zero attached hydrogens (tertiary/aromatic N) is 2. The minimum atomic E-state index is 0.240. The van der Waals surface area contributed by atoms with Gasteiger partial charge in [0.25, 0.3) is 0 Å². The lowest BCUT2D eigenvalue weighted by molar-refractivity contribution is 0.297. The van der Waals surface area contributed by atoms with E-state index in [1.54, 1.807) is 29.5 Å². The van der Waals surface area contributed by atoms with Crippen LogP contribution in [0.5, 0.6) is 5.75 Å². The first-order chi connectivity index (χ1) is 10.2. The van der Waals surface area contributed by atoms with Crippen molar-refractivity contribution < 1.29 is 4.74 Å². The van der Waals surface area contributed by atoms with Crippen molar-refractivity contribution in [2.24, 2.45) is 0 Å². The fourth-order valence-electron chi connectivity index (χ4n) is 1.89. The number of aromatic nitrogens is 2. The summed E-state index contributed by atoms with van der Waals surface area (Å²) in [7, 11) is 1.83. The van der Waals surface area contributed by atoms with Crippen LogP contribution < -0.4 is 10.1 Å². The van der Waals surface area contributed by atoms with Gasteiger partial charge in [0.05, 0.1) is 10.4 Å². The Morgan fingerprint density at radius 3 is 2.86 bits per heavy atom. The van der Waals surface area contributed by atoms with Crippen LogP contribution in [0.25, 0.3) is 10.2 Å². The summed E-state index contributed by atoms with van der Waals surface area (Å²) in [5, 5.41) is 7.10. The van der Waals surface area contributed by atoms with Gasteiger partial charge in [-0.25, -0.2) is 9.97 Å². The molecule has 21 heavy (non-hydrogen) atoms. The van der Waals surface area contributed by atoms with Gasteiger partial charge in [0.15, 0.2) is 5.82 Å². The lowest BCUT2D eigenvalue weighted by Gasteiger charge is -2.09. The number of anilines is 1. The van der Waals surface area contributed by atoms with Gasteiger partial charge in [-0.15, -0.1) is 11.3 Å². The molecule has 0 aliphatic carbocycles. The van der Waals surface area contributed by atoms with E-state index in [9.17, 15) is 0 Å². The van der Waals surface area contributed by atoms with Crippen molar-refractivity contribution in [2.45, 2.75) is 6.61 Å². The molecule has 0 spiro atoms. The van der Waals surface area contributed by atoms with Gasteiger partial charge in [-0.3, -0.25) is 0 Å². The molecule has 108 valence electrons. The van der Waals surface area contributed by atoms with Crippen LogP contribution in [0.15, 0.2) is 29.6 Å². The van der Waals surface area contributed by atoms with E-state index >= 15 is 0 Å². The zero-order chi connectivity index (χ0) is 14.8. The summed E-state index contributed by atoms with van der Waals surface area (Å²) in [6.07, 6.45) is 0. The zero-order valence-electron chi connectivity index (χ0n) is 11.1. The number of ether oxygens (including phenoxy) is 1. The highest BCUT2D eigenvalue weighted by Gasteiger charge is 2.09. The number of nitrogens with one attached hydrogen (secondary N) is 1. The largest absolute Gasteiger partial charge is 0.484 e. The topological polar surface area (TPSA) is 47.0 Å². The van der Waals surface area contributed by atoms with Gasteiger partial charge in [0.1, 0.15) is 23.0 Å². The second kappa shape index (κ2) is 6.05. The van der Waals surface area contributed by atoms with Crippen LogP contribution >= 0.6 is 34.5 Å². The van der Waals surface area contributed by atoms with Gasteiger partial charge in [0, 0.05) is 12.1 Å². The summed E-state index contributed by atoms with van der Waals surface area (Å²) in [4.78, 5) is 9.85. The maximum absolute atomic E-state index is 6.07. The third-order valence-electron chi connectivity index (χ3n) is 2.86. The predicted octanol–water partition coefficient (Wildman–Crippen LogP) is 4.62. The Balaban J connectivity index is 1.84. The van der Waals surface area contributed by atoms with Crippen molar-refractivity contribution in [3.8, 4) is 5.75 Å². The zero-order valence-corrected chi connectivity index (χ0v) is 13.4. The van der Waals surface area contributed by atoms with Gasteiger partial charge < -0.3 is 10.1 Å². The minimum Gasteiger partial charge on any atom is -0.484 e. The molecule has 0 saturated heterocycles. The van der Waals surface area contributed by atoms with E-state index in [1.807, 2.05) is 18.5 Å². The molecule has 0 bridgehead atoms. The average Bonchev–Trinajstić information content (AvgIpc) is 2.93. The predicted molar refractivity (Wildman–Crippen MR) is 87.8 cm³/mol. The first-order valence-corrected chi connectivity index (χ1v) is 7.80. The van der Waals surface area contributed by atoms with Crippen LogP contribution in [0.3, 0.4) is 0 Å². The van der Waals surface area contributed by atoms with Gasteiger partial charge >= 0.3 is 0 Å². The van der Waals surface area contributed by atoms with Crippen molar-refractivity contribution in [1.82, 2.24) is 9.97 Å². The molecule has 0 atom stereocenters. The van der Waals surface area contributed by atoms with E-state index < -0.39 is 0 Å². The highest BCUT2D eigenvalue weighted by molar-refractivity contribution is 7.16. The second-order valence-electron chi connectivity index (χ2n) is 4.24. The van der Waals surface area contributed by atoms with Crippen molar-refractivity contribution in [3.63, 3.8) is 0 Å². The molecule has 1 aromatic carbocycles. The summed E-state index contributed by atoms with van der Waals surface area (Å²) in [6.45, 7) is 0.240. The molecule has 0 radical (unpaired) electrons. The van der Waals surface area contributed by atoms with Crippen LogP contribution in [-0.2, 0) is 6.61 Å². The molecule has 2 heterocycles. The molecule has 0 fully saturated rings. The average molecular weight is 340 g/mol. The van der Waals surface area contributed by atoms with Gasteiger partial charge in [-0.05, 0) is 29.6 Å². The number of hydrogen-bond acceptors (Lipinski definition) is 5. The number of fused-ring (bicyclic) bond motifs is 1. The Bertz CT molecular complexity index is 791. The van der Waals surface area contributed by atoms with Crippen LogP contribution in [0, 0.1) is 0 Å². The molecule has 4 nitrogen and oxygen atoms in total. The highest BCUT2D eigenvalue weighted by atomic mass is 35.5. The van der Waals surface area contributed by atoms with E-state index in [1.165, 1.54) is 0 Å². The molecular weight excluding hydrogens is 329 g/mol. The molecule has 0 aliphatic heterocycles. The van der Waals surface area contributed by atoms with Gasteiger partial charge in [0.2, 0.25) is 0 Å². The summed E-state index contributed by atoms with van der Waals surface area (Å²) >= 11 is 13.5. The van der Waals surface area contributed by atoms with Crippen LogP contribution in [0.2, 0.25) is 10.0 Å². The SMILES string of the molecule is CNc1nc(COc2ccc(Cl)cc2Cl)nc2sccc12. The second-order valence-corrected chi connectivity index (χ2v) is 5.98. The molecule has 2 aromatic heterocycles. The Morgan fingerprint density at radius 1 is 1.24 bits per heavy atom. The van der Waals surface area contributed by atoms with E-state index in [4.69, 9.17) is 27.9 Å². The van der Waals surface area contributed by atoms with E-state index in [0.717, 1.165) is 16.0 Å². The molecule has 0 aliphatic rings. The number of thiophene rings is 1. The summed E-state index contributed by atoms with van der Waals surface area (Å²) in [6, 6.07) is 7.09. The fraction of sp³-hybridized carbons (Fsp3) is 0.143. The molecule has 1 N–H and O–H groups in total. The molecular formula is C14H11Cl2N3OS. The smallest absolute Gasteiger partial charge is 0.169 e. The number of benzene rings is 1. The molecule has 0 saturated carbocycles. The van der Waals surface area contributed by atoms with E-state index in [2.05, 4.69) is 15.3 Å². The van der Waals surface area contributed by atoms with Crippen LogP contribution in [0.4, 0.5) is 5.82 Å². The lowest BCUT2D eigenvalue weighted by Crippen LogP contribution is -2.04. The highest BCUT2D eigenvalue weighted by Crippen LogP contribution is 2.29. The Labute approximate surface area is 135 Å². The van der Waals surface area contributed by atoms with Crippen LogP contribution in [-0.4, -0.2) is 17.0 Å². The third-order valence-corrected chi connectivity index (χ3v) is 4.20. The van der Waals surface area contributed by atoms with Crippen molar-refractivity contribution in [2.75, 3.05) is 12.4 Å². The minimum absolute atomic E-state index is 0.240. The van der Waals surface area contributed by atoms with Crippen molar-refractivity contribution >= 4 is 50.6 Å². The van der Waals surface area contributed by atoms with E-state index in [-0.39, 0.29) is 6.61 Å². The monoisotopic (exact) mass is 339 g/mol. The first kappa shape index (κ1) is 14.4. The van der Waals surface area contributed by atoms with Crippen molar-refractivity contribution in [1.29, 1.82) is 0 Å². The Kier molecular flexibility index (Phi) is 4.14. The normalized spacial score (nSPS) is 10.8. The van der Waals surface area contributed by atoms with Gasteiger partial charge in [-0.2, -0.15) is 0 Å². The van der Waals surface area contributed by atoms with E-state index in [0.29, 0.717) is 21.6 Å². The number of hydrogen-bond donors (Lipinski definition) is 1. The maximum Gasteiger partial charge on any atom is 0.169 e. The molecule has 7 heteroatoms. The number of rotatable bonds is 4. The van der Waals surface area contributed by atoms with Gasteiger partial charge in [-0.1, -0.05) is 23.2 Å². The maximum atomic E-state index is 6.07. The summed E-state index contributed by atoms with van der Waals surface area (Å²) < 4.78 is 5.66. The number of halogens is 2. The fourth-order valence-corrected chi connectivity index (χ4v) is 3.14. The first-order valence-electron chi connectivity index (χ1n) is 6.17. The lowest BCUT2D eigenvalue weighted by atomic mass is 10.3. The third kappa shape index (κ3) is 3.05. The Morgan fingerprint density at radius 2 is 2.10 bits per heavy atom. The van der Waals surface area contributed by atoms with Crippen LogP contribution in [0.1, 0.15) is 5.82 Å². The molecule has 3 rings (SSSR count). The molecule has 3 aromatic rings. The summed E-state index contributed by atoms with van der Waals surface area (Å²) in [5.41, 5.74) is 0. The standard InChI is InChI=1S/C14H11Cl2N3OS/c1-17-13-9-4-5-21-14(9)19-12(18-13)7-20-11-3-2-8(15)6-10(11)16/h2-6H,7H2,1H3,(H,17,18,19). The Hall–Kier alpha value is -1.56. The molecule has 0 unspecified atom stereocenters. The quantitative estimate of drug-likeness (QED) is 0.753. The summed E-state index contributed by atoms with van der Waals surface area (Å²) in [5.74, 6) is 1.95. The molecule has 0 amide bonds. The van der Waals surface area contributed by atoms with Crippen molar-refractivity contribution in [3.05, 3.63) is 45.5 Å².